The van der Waals surface area contributed by atoms with E-state index in [2.05, 4.69) is 10.3 Å². The molecule has 1 aliphatic heterocycles. The van der Waals surface area contributed by atoms with Crippen LogP contribution >= 0.6 is 11.8 Å². The largest absolute Gasteiger partial charge is 0.464 e. The smallest absolute Gasteiger partial charge is 0.272 e. The minimum Gasteiger partial charge on any atom is -0.464 e. The van der Waals surface area contributed by atoms with E-state index in [-0.39, 0.29) is 11.9 Å². The summed E-state index contributed by atoms with van der Waals surface area (Å²) in [4.78, 5) is 19.4. The molecule has 0 aliphatic carbocycles. The second-order valence-corrected chi connectivity index (χ2v) is 8.36. The average Bonchev–Trinajstić information content (AvgIpc) is 3.44. The topological polar surface area (TPSA) is 91.5 Å². The third kappa shape index (κ3) is 4.31. The molecule has 4 rings (SSSR count). The number of amides is 1. The number of hydrogen-bond donors (Lipinski definition) is 2. The number of aromatic nitrogens is 1. The van der Waals surface area contributed by atoms with Gasteiger partial charge in [0.2, 0.25) is 0 Å². The van der Waals surface area contributed by atoms with Gasteiger partial charge in [0.1, 0.15) is 17.5 Å². The summed E-state index contributed by atoms with van der Waals surface area (Å²) in [5, 5.41) is 13.0. The highest BCUT2D eigenvalue weighted by molar-refractivity contribution is 7.98. The monoisotopic (exact) mass is 438 g/mol. The number of anilines is 1. The van der Waals surface area contributed by atoms with Gasteiger partial charge in [-0.2, -0.15) is 0 Å². The van der Waals surface area contributed by atoms with Crippen LogP contribution < -0.4 is 5.32 Å². The SMILES string of the molecule is COCC1CCCN1C(=O)c1cc(NCSC)c(C(=N)c2coc3ccccc23)cn1. The van der Waals surface area contributed by atoms with E-state index in [1.165, 1.54) is 0 Å². The molecule has 31 heavy (non-hydrogen) atoms. The first-order valence-electron chi connectivity index (χ1n) is 10.2. The van der Waals surface area contributed by atoms with E-state index in [1.54, 1.807) is 37.4 Å². The van der Waals surface area contributed by atoms with Gasteiger partial charge in [-0.15, -0.1) is 11.8 Å². The number of furan rings is 1. The molecule has 1 unspecified atom stereocenters. The van der Waals surface area contributed by atoms with Gasteiger partial charge in [0, 0.05) is 42.1 Å². The van der Waals surface area contributed by atoms with Crippen molar-refractivity contribution in [2.45, 2.75) is 18.9 Å². The van der Waals surface area contributed by atoms with Crippen molar-refractivity contribution in [3.05, 3.63) is 59.6 Å². The molecule has 0 saturated carbocycles. The number of nitrogens with zero attached hydrogens (tertiary/aromatic N) is 2. The van der Waals surface area contributed by atoms with Crippen LogP contribution in [0.1, 0.15) is 34.5 Å². The predicted octanol–water partition coefficient (Wildman–Crippen LogP) is 4.23. The molecule has 2 aromatic heterocycles. The Morgan fingerprint density at radius 2 is 2.23 bits per heavy atom. The number of thioether (sulfide) groups is 1. The van der Waals surface area contributed by atoms with Crippen LogP contribution in [0.3, 0.4) is 0 Å². The van der Waals surface area contributed by atoms with E-state index in [1.807, 2.05) is 35.4 Å². The molecular weight excluding hydrogens is 412 g/mol. The fraction of sp³-hybridized carbons (Fsp3) is 0.348. The summed E-state index contributed by atoms with van der Waals surface area (Å²) in [5.74, 6) is 0.554. The Morgan fingerprint density at radius 3 is 3.03 bits per heavy atom. The van der Waals surface area contributed by atoms with Gasteiger partial charge in [0.05, 0.1) is 24.2 Å². The molecule has 1 fully saturated rings. The van der Waals surface area contributed by atoms with Crippen LogP contribution in [-0.2, 0) is 4.74 Å². The number of likely N-dealkylation sites (tertiary alicyclic amines) is 1. The molecule has 0 bridgehead atoms. The van der Waals surface area contributed by atoms with Crippen LogP contribution in [0.25, 0.3) is 11.0 Å². The highest BCUT2D eigenvalue weighted by atomic mass is 32.2. The normalized spacial score (nSPS) is 16.1. The molecule has 0 spiro atoms. The van der Waals surface area contributed by atoms with Crippen molar-refractivity contribution in [2.75, 3.05) is 37.7 Å². The Labute approximate surface area is 185 Å². The van der Waals surface area contributed by atoms with Gasteiger partial charge >= 0.3 is 0 Å². The van der Waals surface area contributed by atoms with Crippen LogP contribution in [0.4, 0.5) is 5.69 Å². The molecule has 1 aliphatic rings. The van der Waals surface area contributed by atoms with E-state index in [4.69, 9.17) is 14.6 Å². The fourth-order valence-electron chi connectivity index (χ4n) is 4.00. The van der Waals surface area contributed by atoms with Crippen LogP contribution in [0.2, 0.25) is 0 Å². The zero-order chi connectivity index (χ0) is 21.8. The first-order chi connectivity index (χ1) is 15.1. The van der Waals surface area contributed by atoms with E-state index in [9.17, 15) is 4.79 Å². The second-order valence-electron chi connectivity index (χ2n) is 7.50. The van der Waals surface area contributed by atoms with Gasteiger partial charge in [-0.1, -0.05) is 18.2 Å². The number of hydrogen-bond acceptors (Lipinski definition) is 7. The maximum absolute atomic E-state index is 13.1. The number of methoxy groups -OCH3 is 1. The lowest BCUT2D eigenvalue weighted by Gasteiger charge is -2.24. The van der Waals surface area contributed by atoms with Crippen LogP contribution in [0, 0.1) is 5.41 Å². The van der Waals surface area contributed by atoms with Crippen LogP contribution in [0.5, 0.6) is 0 Å². The molecule has 1 aromatic carbocycles. The van der Waals surface area contributed by atoms with E-state index < -0.39 is 0 Å². The summed E-state index contributed by atoms with van der Waals surface area (Å²) in [6, 6.07) is 9.48. The highest BCUT2D eigenvalue weighted by Crippen LogP contribution is 2.28. The van der Waals surface area contributed by atoms with E-state index in [0.29, 0.717) is 47.2 Å². The number of nitrogens with one attached hydrogen (secondary N) is 2. The molecular formula is C23H26N4O3S. The van der Waals surface area contributed by atoms with Crippen LogP contribution in [0.15, 0.2) is 47.2 Å². The molecule has 3 aromatic rings. The molecule has 1 atom stereocenters. The minimum atomic E-state index is -0.0985. The predicted molar refractivity (Wildman–Crippen MR) is 124 cm³/mol. The van der Waals surface area contributed by atoms with E-state index >= 15 is 0 Å². The fourth-order valence-corrected chi connectivity index (χ4v) is 4.30. The molecule has 2 N–H and O–H groups in total. The summed E-state index contributed by atoms with van der Waals surface area (Å²) in [5.41, 5.74) is 3.46. The molecule has 7 nitrogen and oxygen atoms in total. The minimum absolute atomic E-state index is 0.0807. The van der Waals surface area contributed by atoms with Gasteiger partial charge in [-0.05, 0) is 31.2 Å². The quantitative estimate of drug-likeness (QED) is 0.404. The lowest BCUT2D eigenvalue weighted by molar-refractivity contribution is 0.0625. The summed E-state index contributed by atoms with van der Waals surface area (Å²) >= 11 is 1.63. The van der Waals surface area contributed by atoms with Crippen molar-refractivity contribution in [3.8, 4) is 0 Å². The van der Waals surface area contributed by atoms with Gasteiger partial charge in [-0.3, -0.25) is 15.2 Å². The zero-order valence-electron chi connectivity index (χ0n) is 17.7. The lowest BCUT2D eigenvalue weighted by atomic mass is 10.0. The Morgan fingerprint density at radius 1 is 1.39 bits per heavy atom. The number of pyridine rings is 1. The van der Waals surface area contributed by atoms with Gasteiger partial charge in [0.25, 0.3) is 5.91 Å². The number of para-hydroxylation sites is 1. The van der Waals surface area contributed by atoms with E-state index in [0.717, 1.165) is 23.8 Å². The van der Waals surface area contributed by atoms with Crippen molar-refractivity contribution in [1.82, 2.24) is 9.88 Å². The van der Waals surface area contributed by atoms with Gasteiger partial charge in [0.15, 0.2) is 0 Å². The summed E-state index contributed by atoms with van der Waals surface area (Å²) in [7, 11) is 1.66. The van der Waals surface area contributed by atoms with Crippen molar-refractivity contribution >= 4 is 40.0 Å². The van der Waals surface area contributed by atoms with Gasteiger partial charge < -0.3 is 19.4 Å². The Balaban J connectivity index is 1.67. The standard InChI is InChI=1S/C23H26N4O3S/c1-29-12-15-6-5-9-27(15)23(28)20-10-19(26-14-31-2)17(11-25-20)22(24)18-13-30-21-8-4-3-7-16(18)21/h3-4,7-8,10-11,13,15,24H,5-6,9,12,14H2,1-2H3,(H,25,26). The Kier molecular flexibility index (Phi) is 6.58. The van der Waals surface area contributed by atoms with Crippen molar-refractivity contribution in [3.63, 3.8) is 0 Å². The number of benzene rings is 1. The number of fused-ring (bicyclic) bond motifs is 1. The molecule has 1 saturated heterocycles. The number of carbonyl (C=O) groups excluding carboxylic acids is 1. The maximum atomic E-state index is 13.1. The van der Waals surface area contributed by atoms with Gasteiger partial charge in [-0.25, -0.2) is 0 Å². The Bertz CT molecular complexity index is 1100. The first kappa shape index (κ1) is 21.4. The molecule has 162 valence electrons. The van der Waals surface area contributed by atoms with Crippen molar-refractivity contribution in [1.29, 1.82) is 5.41 Å². The van der Waals surface area contributed by atoms with Crippen molar-refractivity contribution < 1.29 is 13.9 Å². The van der Waals surface area contributed by atoms with Crippen molar-refractivity contribution in [2.24, 2.45) is 0 Å². The first-order valence-corrected chi connectivity index (χ1v) is 11.6. The second kappa shape index (κ2) is 9.53. The molecule has 3 heterocycles. The summed E-state index contributed by atoms with van der Waals surface area (Å²) in [6.07, 6.45) is 7.11. The molecule has 1 amide bonds. The third-order valence-electron chi connectivity index (χ3n) is 5.55. The summed E-state index contributed by atoms with van der Waals surface area (Å²) < 4.78 is 10.9. The molecule has 0 radical (unpaired) electrons. The number of carbonyl (C=O) groups is 1. The van der Waals surface area contributed by atoms with Crippen LogP contribution in [-0.4, -0.2) is 59.9 Å². The summed E-state index contributed by atoms with van der Waals surface area (Å²) in [6.45, 7) is 1.24. The number of ether oxygens (including phenoxy) is 1. The lowest BCUT2D eigenvalue weighted by Crippen LogP contribution is -2.38. The number of rotatable bonds is 8. The third-order valence-corrected chi connectivity index (χ3v) is 5.98. The Hall–Kier alpha value is -2.84. The highest BCUT2D eigenvalue weighted by Gasteiger charge is 2.30. The average molecular weight is 439 g/mol. The maximum Gasteiger partial charge on any atom is 0.272 e. The molecule has 8 heteroatoms. The zero-order valence-corrected chi connectivity index (χ0v) is 18.5.